The minimum Gasteiger partial charge on any atom is -0.358 e. The molecule has 20 heavy (non-hydrogen) atoms. The van der Waals surface area contributed by atoms with Crippen LogP contribution in [-0.4, -0.2) is 28.9 Å². The third-order valence-corrected chi connectivity index (χ3v) is 4.11. The van der Waals surface area contributed by atoms with Gasteiger partial charge < -0.3 is 9.88 Å². The highest BCUT2D eigenvalue weighted by Gasteiger charge is 2.28. The van der Waals surface area contributed by atoms with E-state index in [9.17, 15) is 4.79 Å². The standard InChI is InChI=1S/C17H22N2O/c1-12(2)9-17(20)19-8-7-14(11-19)16-10-13-5-3-4-6-15(13)18-16/h3-6,10,12,14,18H,7-9,11H2,1-2H3. The van der Waals surface area contributed by atoms with Gasteiger partial charge in [0.05, 0.1) is 0 Å². The summed E-state index contributed by atoms with van der Waals surface area (Å²) in [6, 6.07) is 10.6. The lowest BCUT2D eigenvalue weighted by Gasteiger charge is -2.17. The van der Waals surface area contributed by atoms with Crippen LogP contribution in [0.1, 0.15) is 38.3 Å². The molecule has 1 atom stereocenters. The fraction of sp³-hybridized carbons (Fsp3) is 0.471. The Labute approximate surface area is 120 Å². The molecule has 1 N–H and O–H groups in total. The molecule has 1 unspecified atom stereocenters. The van der Waals surface area contributed by atoms with Crippen LogP contribution < -0.4 is 0 Å². The minimum absolute atomic E-state index is 0.304. The molecule has 106 valence electrons. The first-order valence-corrected chi connectivity index (χ1v) is 7.49. The third-order valence-electron chi connectivity index (χ3n) is 4.11. The summed E-state index contributed by atoms with van der Waals surface area (Å²) < 4.78 is 0. The summed E-state index contributed by atoms with van der Waals surface area (Å²) >= 11 is 0. The summed E-state index contributed by atoms with van der Waals surface area (Å²) in [4.78, 5) is 17.6. The first-order chi connectivity index (χ1) is 9.63. The van der Waals surface area contributed by atoms with Crippen LogP contribution in [-0.2, 0) is 4.79 Å². The molecule has 1 saturated heterocycles. The van der Waals surface area contributed by atoms with E-state index in [0.717, 1.165) is 19.5 Å². The van der Waals surface area contributed by atoms with Crippen LogP contribution in [0.5, 0.6) is 0 Å². The van der Waals surface area contributed by atoms with Crippen LogP contribution in [0.3, 0.4) is 0 Å². The number of aromatic amines is 1. The van der Waals surface area contributed by atoms with E-state index in [1.54, 1.807) is 0 Å². The molecule has 1 fully saturated rings. The first kappa shape index (κ1) is 13.2. The Morgan fingerprint density at radius 2 is 2.20 bits per heavy atom. The Bertz CT molecular complexity index is 581. The summed E-state index contributed by atoms with van der Waals surface area (Å²) in [5, 5.41) is 1.26. The summed E-state index contributed by atoms with van der Waals surface area (Å²) in [6.07, 6.45) is 1.73. The molecule has 0 saturated carbocycles. The maximum absolute atomic E-state index is 12.1. The number of carbonyl (C=O) groups excluding carboxylic acids is 1. The zero-order chi connectivity index (χ0) is 14.1. The van der Waals surface area contributed by atoms with Crippen molar-refractivity contribution in [3.63, 3.8) is 0 Å². The fourth-order valence-corrected chi connectivity index (χ4v) is 3.03. The minimum atomic E-state index is 0.304. The summed E-state index contributed by atoms with van der Waals surface area (Å²) in [5.41, 5.74) is 2.46. The molecule has 1 aliphatic rings. The Morgan fingerprint density at radius 3 is 2.95 bits per heavy atom. The molecule has 2 heterocycles. The van der Waals surface area contributed by atoms with Gasteiger partial charge in [-0.2, -0.15) is 0 Å². The maximum Gasteiger partial charge on any atom is 0.222 e. The summed E-state index contributed by atoms with van der Waals surface area (Å²) in [5.74, 6) is 1.20. The Hall–Kier alpha value is -1.77. The summed E-state index contributed by atoms with van der Waals surface area (Å²) in [7, 11) is 0. The van der Waals surface area contributed by atoms with Gasteiger partial charge in [0.15, 0.2) is 0 Å². The topological polar surface area (TPSA) is 36.1 Å². The molecule has 0 aliphatic carbocycles. The van der Waals surface area contributed by atoms with Crippen LogP contribution in [0.4, 0.5) is 0 Å². The van der Waals surface area contributed by atoms with E-state index < -0.39 is 0 Å². The van der Waals surface area contributed by atoms with Crippen molar-refractivity contribution in [2.75, 3.05) is 13.1 Å². The zero-order valence-electron chi connectivity index (χ0n) is 12.2. The van der Waals surface area contributed by atoms with Gasteiger partial charge in [-0.05, 0) is 29.9 Å². The van der Waals surface area contributed by atoms with Gasteiger partial charge >= 0.3 is 0 Å². The van der Waals surface area contributed by atoms with Gasteiger partial charge in [-0.3, -0.25) is 4.79 Å². The number of hydrogen-bond donors (Lipinski definition) is 1. The monoisotopic (exact) mass is 270 g/mol. The Kier molecular flexibility index (Phi) is 3.51. The van der Waals surface area contributed by atoms with Gasteiger partial charge in [0, 0.05) is 36.6 Å². The molecule has 2 aromatic rings. The lowest BCUT2D eigenvalue weighted by Crippen LogP contribution is -2.29. The van der Waals surface area contributed by atoms with E-state index in [4.69, 9.17) is 0 Å². The van der Waals surface area contributed by atoms with Crippen molar-refractivity contribution < 1.29 is 4.79 Å². The predicted octanol–water partition coefficient (Wildman–Crippen LogP) is 3.53. The van der Waals surface area contributed by atoms with Gasteiger partial charge in [0.2, 0.25) is 5.91 Å². The number of nitrogens with zero attached hydrogens (tertiary/aromatic N) is 1. The fourth-order valence-electron chi connectivity index (χ4n) is 3.03. The molecule has 1 aromatic carbocycles. The lowest BCUT2D eigenvalue weighted by atomic mass is 10.1. The highest BCUT2D eigenvalue weighted by Crippen LogP contribution is 2.29. The van der Waals surface area contributed by atoms with Crippen LogP contribution in [0, 0.1) is 5.92 Å². The Morgan fingerprint density at radius 1 is 1.40 bits per heavy atom. The van der Waals surface area contributed by atoms with Crippen molar-refractivity contribution in [3.8, 4) is 0 Å². The molecule has 1 aromatic heterocycles. The van der Waals surface area contributed by atoms with Crippen LogP contribution >= 0.6 is 0 Å². The van der Waals surface area contributed by atoms with E-state index in [2.05, 4.69) is 49.2 Å². The first-order valence-electron chi connectivity index (χ1n) is 7.49. The van der Waals surface area contributed by atoms with Gasteiger partial charge in [-0.1, -0.05) is 32.0 Å². The van der Waals surface area contributed by atoms with Crippen molar-refractivity contribution in [2.24, 2.45) is 5.92 Å². The largest absolute Gasteiger partial charge is 0.358 e. The van der Waals surface area contributed by atoms with Crippen molar-refractivity contribution >= 4 is 16.8 Å². The number of aromatic nitrogens is 1. The smallest absolute Gasteiger partial charge is 0.222 e. The molecule has 0 radical (unpaired) electrons. The zero-order valence-corrected chi connectivity index (χ0v) is 12.2. The number of rotatable bonds is 3. The highest BCUT2D eigenvalue weighted by atomic mass is 16.2. The number of benzene rings is 1. The molecule has 3 nitrogen and oxygen atoms in total. The average molecular weight is 270 g/mol. The lowest BCUT2D eigenvalue weighted by molar-refractivity contribution is -0.130. The van der Waals surface area contributed by atoms with Crippen molar-refractivity contribution in [3.05, 3.63) is 36.0 Å². The van der Waals surface area contributed by atoms with E-state index in [-0.39, 0.29) is 0 Å². The van der Waals surface area contributed by atoms with Gasteiger partial charge in [0.1, 0.15) is 0 Å². The van der Waals surface area contributed by atoms with E-state index in [0.29, 0.717) is 24.2 Å². The molecule has 1 amide bonds. The number of likely N-dealkylation sites (tertiary alicyclic amines) is 1. The molecule has 1 aliphatic heterocycles. The second-order valence-corrected chi connectivity index (χ2v) is 6.24. The van der Waals surface area contributed by atoms with Crippen molar-refractivity contribution in [2.45, 2.75) is 32.6 Å². The number of carbonyl (C=O) groups is 1. The van der Waals surface area contributed by atoms with E-state index in [1.807, 2.05) is 4.90 Å². The third kappa shape index (κ3) is 2.58. The molecular weight excluding hydrogens is 248 g/mol. The quantitative estimate of drug-likeness (QED) is 0.910. The highest BCUT2D eigenvalue weighted by molar-refractivity contribution is 5.80. The van der Waals surface area contributed by atoms with E-state index >= 15 is 0 Å². The second-order valence-electron chi connectivity index (χ2n) is 6.24. The molecule has 3 heteroatoms. The number of nitrogens with one attached hydrogen (secondary N) is 1. The van der Waals surface area contributed by atoms with Crippen molar-refractivity contribution in [1.29, 1.82) is 0 Å². The molecular formula is C17H22N2O. The van der Waals surface area contributed by atoms with Gasteiger partial charge in [0.25, 0.3) is 0 Å². The number of fused-ring (bicyclic) bond motifs is 1. The van der Waals surface area contributed by atoms with Crippen LogP contribution in [0.15, 0.2) is 30.3 Å². The second kappa shape index (κ2) is 5.31. The Balaban J connectivity index is 1.72. The van der Waals surface area contributed by atoms with Crippen LogP contribution in [0.2, 0.25) is 0 Å². The average Bonchev–Trinajstić information content (AvgIpc) is 3.04. The number of H-pyrrole nitrogens is 1. The SMILES string of the molecule is CC(C)CC(=O)N1CCC(c2cc3ccccc3[nH]2)C1. The predicted molar refractivity (Wildman–Crippen MR) is 81.7 cm³/mol. The molecule has 3 rings (SSSR count). The molecule has 0 spiro atoms. The van der Waals surface area contributed by atoms with Gasteiger partial charge in [-0.25, -0.2) is 0 Å². The number of hydrogen-bond acceptors (Lipinski definition) is 1. The number of amides is 1. The summed E-state index contributed by atoms with van der Waals surface area (Å²) in [6.45, 7) is 5.95. The maximum atomic E-state index is 12.1. The van der Waals surface area contributed by atoms with E-state index in [1.165, 1.54) is 16.6 Å². The van der Waals surface area contributed by atoms with Crippen LogP contribution in [0.25, 0.3) is 10.9 Å². The molecule has 0 bridgehead atoms. The van der Waals surface area contributed by atoms with Crippen molar-refractivity contribution in [1.82, 2.24) is 9.88 Å². The number of para-hydroxylation sites is 1. The normalized spacial score (nSPS) is 19.1. The van der Waals surface area contributed by atoms with Gasteiger partial charge in [-0.15, -0.1) is 0 Å².